The quantitative estimate of drug-likeness (QED) is 0.334. The summed E-state index contributed by atoms with van der Waals surface area (Å²) in [4.78, 5) is 30.1. The highest BCUT2D eigenvalue weighted by atomic mass is 16.6. The van der Waals surface area contributed by atoms with Crippen LogP contribution in [0.1, 0.15) is 5.82 Å². The summed E-state index contributed by atoms with van der Waals surface area (Å²) < 4.78 is 0. The van der Waals surface area contributed by atoms with Crippen molar-refractivity contribution in [3.8, 4) is 0 Å². The fraction of sp³-hybridized carbons (Fsp3) is 0.0526. The SMILES string of the molecule is O=c1[nH]c(CNc2ccc([N+](=O)[O-])cc2)nc2ccc3ccccc3c12. The summed E-state index contributed by atoms with van der Waals surface area (Å²) in [5.74, 6) is 0.496. The minimum Gasteiger partial charge on any atom is -0.378 e. The van der Waals surface area contributed by atoms with Gasteiger partial charge in [-0.2, -0.15) is 0 Å². The van der Waals surface area contributed by atoms with Gasteiger partial charge in [0, 0.05) is 17.8 Å². The number of hydrogen-bond acceptors (Lipinski definition) is 5. The molecule has 1 heterocycles. The summed E-state index contributed by atoms with van der Waals surface area (Å²) in [6, 6.07) is 17.5. The van der Waals surface area contributed by atoms with Crippen LogP contribution in [0, 0.1) is 10.1 Å². The number of hydrogen-bond donors (Lipinski definition) is 2. The first-order valence-electron chi connectivity index (χ1n) is 8.01. The van der Waals surface area contributed by atoms with Crippen LogP contribution in [0.2, 0.25) is 0 Å². The Morgan fingerprint density at radius 3 is 2.58 bits per heavy atom. The van der Waals surface area contributed by atoms with E-state index in [1.165, 1.54) is 12.1 Å². The molecule has 0 aliphatic heterocycles. The minimum atomic E-state index is -0.448. The van der Waals surface area contributed by atoms with E-state index in [4.69, 9.17) is 0 Å². The summed E-state index contributed by atoms with van der Waals surface area (Å²) >= 11 is 0. The molecule has 128 valence electrons. The molecule has 7 nitrogen and oxygen atoms in total. The predicted octanol–water partition coefficient (Wildman–Crippen LogP) is 3.60. The zero-order valence-electron chi connectivity index (χ0n) is 13.6. The number of H-pyrrole nitrogens is 1. The van der Waals surface area contributed by atoms with Crippen molar-refractivity contribution in [2.24, 2.45) is 0 Å². The highest BCUT2D eigenvalue weighted by Gasteiger charge is 2.08. The molecule has 0 fully saturated rings. The summed E-state index contributed by atoms with van der Waals surface area (Å²) in [6.45, 7) is 0.301. The second-order valence-electron chi connectivity index (χ2n) is 5.85. The van der Waals surface area contributed by atoms with E-state index >= 15 is 0 Å². The van der Waals surface area contributed by atoms with Gasteiger partial charge in [-0.15, -0.1) is 0 Å². The highest BCUT2D eigenvalue weighted by molar-refractivity contribution is 6.05. The Morgan fingerprint density at radius 2 is 1.81 bits per heavy atom. The second-order valence-corrected chi connectivity index (χ2v) is 5.85. The van der Waals surface area contributed by atoms with Gasteiger partial charge in [0.05, 0.1) is 22.4 Å². The molecule has 4 aromatic rings. The van der Waals surface area contributed by atoms with Gasteiger partial charge >= 0.3 is 0 Å². The first kappa shape index (κ1) is 15.8. The molecule has 26 heavy (non-hydrogen) atoms. The van der Waals surface area contributed by atoms with Crippen LogP contribution >= 0.6 is 0 Å². The lowest BCUT2D eigenvalue weighted by Gasteiger charge is -2.08. The maximum Gasteiger partial charge on any atom is 0.269 e. The van der Waals surface area contributed by atoms with Gasteiger partial charge < -0.3 is 10.3 Å². The molecule has 7 heteroatoms. The number of fused-ring (bicyclic) bond motifs is 3. The van der Waals surface area contributed by atoms with Gasteiger partial charge in [-0.05, 0) is 29.0 Å². The molecular formula is C19H14N4O3. The number of nitro benzene ring substituents is 1. The van der Waals surface area contributed by atoms with Crippen molar-refractivity contribution in [1.29, 1.82) is 0 Å². The lowest BCUT2D eigenvalue weighted by Crippen LogP contribution is -2.14. The monoisotopic (exact) mass is 346 g/mol. The molecule has 0 spiro atoms. The number of aromatic amines is 1. The summed E-state index contributed by atoms with van der Waals surface area (Å²) in [6.07, 6.45) is 0. The normalized spacial score (nSPS) is 10.9. The fourth-order valence-electron chi connectivity index (χ4n) is 2.93. The lowest BCUT2D eigenvalue weighted by molar-refractivity contribution is -0.384. The van der Waals surface area contributed by atoms with Crippen molar-refractivity contribution in [2.75, 3.05) is 5.32 Å². The number of nitrogens with zero attached hydrogens (tertiary/aromatic N) is 2. The van der Waals surface area contributed by atoms with E-state index in [0.717, 1.165) is 10.8 Å². The van der Waals surface area contributed by atoms with E-state index < -0.39 is 4.92 Å². The van der Waals surface area contributed by atoms with Crippen molar-refractivity contribution < 1.29 is 4.92 Å². The molecule has 4 rings (SSSR count). The van der Waals surface area contributed by atoms with Gasteiger partial charge in [0.15, 0.2) is 0 Å². The van der Waals surface area contributed by atoms with Crippen molar-refractivity contribution in [1.82, 2.24) is 9.97 Å². The Morgan fingerprint density at radius 1 is 1.04 bits per heavy atom. The Kier molecular flexibility index (Phi) is 3.81. The maximum absolute atomic E-state index is 12.5. The number of non-ortho nitro benzene ring substituents is 1. The topological polar surface area (TPSA) is 101 Å². The second kappa shape index (κ2) is 6.29. The van der Waals surface area contributed by atoms with Crippen LogP contribution in [0.15, 0.2) is 65.5 Å². The standard InChI is InChI=1S/C19H14N4O3/c24-19-18-15-4-2-1-3-12(15)5-10-16(18)21-17(22-19)11-20-13-6-8-14(9-7-13)23(25)26/h1-10,20H,11H2,(H,21,22,24). The van der Waals surface area contributed by atoms with Crippen LogP contribution in [-0.4, -0.2) is 14.9 Å². The molecule has 0 atom stereocenters. The van der Waals surface area contributed by atoms with Gasteiger partial charge in [-0.1, -0.05) is 30.3 Å². The largest absolute Gasteiger partial charge is 0.378 e. The van der Waals surface area contributed by atoms with Crippen LogP contribution < -0.4 is 10.9 Å². The summed E-state index contributed by atoms with van der Waals surface area (Å²) in [5, 5.41) is 16.2. The van der Waals surface area contributed by atoms with Gasteiger partial charge in [-0.25, -0.2) is 4.98 Å². The molecule has 3 aromatic carbocycles. The first-order valence-corrected chi connectivity index (χ1v) is 8.01. The number of aromatic nitrogens is 2. The van der Waals surface area contributed by atoms with Crippen LogP contribution in [-0.2, 0) is 6.54 Å². The van der Waals surface area contributed by atoms with Crippen molar-refractivity contribution in [2.45, 2.75) is 6.54 Å². The van der Waals surface area contributed by atoms with Gasteiger partial charge in [0.2, 0.25) is 0 Å². The Hall–Kier alpha value is -3.74. The van der Waals surface area contributed by atoms with E-state index in [2.05, 4.69) is 15.3 Å². The molecule has 0 radical (unpaired) electrons. The van der Waals surface area contributed by atoms with Gasteiger partial charge in [0.25, 0.3) is 11.2 Å². The van der Waals surface area contributed by atoms with Crippen LogP contribution in [0.3, 0.4) is 0 Å². The average Bonchev–Trinajstić information content (AvgIpc) is 2.66. The summed E-state index contributed by atoms with van der Waals surface area (Å²) in [5.41, 5.74) is 1.18. The number of benzene rings is 3. The molecule has 0 amide bonds. The third kappa shape index (κ3) is 2.86. The molecule has 0 bridgehead atoms. The van der Waals surface area contributed by atoms with Crippen molar-refractivity contribution >= 4 is 33.1 Å². The number of rotatable bonds is 4. The Bertz CT molecular complexity index is 1180. The minimum absolute atomic E-state index is 0.0275. The smallest absolute Gasteiger partial charge is 0.269 e. The molecule has 0 saturated carbocycles. The lowest BCUT2D eigenvalue weighted by atomic mass is 10.1. The molecule has 0 aliphatic rings. The van der Waals surface area contributed by atoms with Crippen LogP contribution in [0.4, 0.5) is 11.4 Å². The van der Waals surface area contributed by atoms with Crippen molar-refractivity contribution in [3.05, 3.63) is 87.0 Å². The molecule has 0 aliphatic carbocycles. The third-order valence-electron chi connectivity index (χ3n) is 4.19. The van der Waals surface area contributed by atoms with Crippen LogP contribution in [0.5, 0.6) is 0 Å². The third-order valence-corrected chi connectivity index (χ3v) is 4.19. The number of anilines is 1. The van der Waals surface area contributed by atoms with E-state index in [9.17, 15) is 14.9 Å². The highest BCUT2D eigenvalue weighted by Crippen LogP contribution is 2.21. The van der Waals surface area contributed by atoms with E-state index in [1.54, 1.807) is 12.1 Å². The zero-order chi connectivity index (χ0) is 18.1. The van der Waals surface area contributed by atoms with Gasteiger partial charge in [0.1, 0.15) is 5.82 Å². The number of nitrogens with one attached hydrogen (secondary N) is 2. The molecule has 0 unspecified atom stereocenters. The van der Waals surface area contributed by atoms with E-state index in [1.807, 2.05) is 36.4 Å². The first-order chi connectivity index (χ1) is 12.6. The van der Waals surface area contributed by atoms with E-state index in [-0.39, 0.29) is 11.2 Å². The predicted molar refractivity (Wildman–Crippen MR) is 100 cm³/mol. The molecule has 0 saturated heterocycles. The maximum atomic E-state index is 12.5. The Labute approximate surface area is 147 Å². The van der Waals surface area contributed by atoms with Crippen LogP contribution in [0.25, 0.3) is 21.7 Å². The van der Waals surface area contributed by atoms with Crippen molar-refractivity contribution in [3.63, 3.8) is 0 Å². The Balaban J connectivity index is 1.64. The summed E-state index contributed by atoms with van der Waals surface area (Å²) in [7, 11) is 0. The van der Waals surface area contributed by atoms with E-state index in [0.29, 0.717) is 29.0 Å². The molecule has 2 N–H and O–H groups in total. The van der Waals surface area contributed by atoms with Gasteiger partial charge in [-0.3, -0.25) is 14.9 Å². The average molecular weight is 346 g/mol. The fourth-order valence-corrected chi connectivity index (χ4v) is 2.93. The zero-order valence-corrected chi connectivity index (χ0v) is 13.6. The molecular weight excluding hydrogens is 332 g/mol. The number of nitro groups is 1. The molecule has 1 aromatic heterocycles.